The van der Waals surface area contributed by atoms with E-state index in [-0.39, 0.29) is 11.7 Å². The van der Waals surface area contributed by atoms with Crippen LogP contribution < -0.4 is 5.32 Å². The van der Waals surface area contributed by atoms with Crippen LogP contribution in [-0.4, -0.2) is 16.9 Å². The molecule has 0 spiro atoms. The SMILES string of the molecule is O=C1C[C@@H]2[C@@H](C=Cc3ccc(-c4cccc(F)c4)cn3)[C@@H]3CCCC[C@H]3C[C@H]2N1. The van der Waals surface area contributed by atoms with Gasteiger partial charge in [-0.05, 0) is 66.4 Å². The molecule has 2 aromatic rings. The van der Waals surface area contributed by atoms with E-state index in [1.54, 1.807) is 6.07 Å². The number of pyridine rings is 1. The smallest absolute Gasteiger partial charge is 0.220 e. The van der Waals surface area contributed by atoms with Gasteiger partial charge < -0.3 is 5.32 Å². The van der Waals surface area contributed by atoms with E-state index >= 15 is 0 Å². The van der Waals surface area contributed by atoms with Gasteiger partial charge in [-0.1, -0.05) is 43.5 Å². The van der Waals surface area contributed by atoms with E-state index < -0.39 is 0 Å². The number of amides is 1. The molecule has 1 aromatic carbocycles. The second-order valence-electron chi connectivity index (χ2n) is 8.90. The molecule has 1 saturated heterocycles. The van der Waals surface area contributed by atoms with Gasteiger partial charge in [-0.2, -0.15) is 0 Å². The van der Waals surface area contributed by atoms with Crippen molar-refractivity contribution >= 4 is 12.0 Å². The lowest BCUT2D eigenvalue weighted by molar-refractivity contribution is -0.119. The van der Waals surface area contributed by atoms with Crippen LogP contribution in [0.3, 0.4) is 0 Å². The Kier molecular flexibility index (Phi) is 4.94. The molecule has 1 N–H and O–H groups in total. The summed E-state index contributed by atoms with van der Waals surface area (Å²) in [6.45, 7) is 0. The maximum Gasteiger partial charge on any atom is 0.220 e. The van der Waals surface area contributed by atoms with Crippen LogP contribution >= 0.6 is 0 Å². The Labute approximate surface area is 171 Å². The highest BCUT2D eigenvalue weighted by atomic mass is 19.1. The zero-order valence-electron chi connectivity index (χ0n) is 16.6. The molecule has 3 aliphatic rings. The Morgan fingerprint density at radius 1 is 1.07 bits per heavy atom. The van der Waals surface area contributed by atoms with Crippen molar-refractivity contribution in [2.45, 2.75) is 44.6 Å². The molecule has 4 heteroatoms. The first kappa shape index (κ1) is 18.5. The summed E-state index contributed by atoms with van der Waals surface area (Å²) >= 11 is 0. The van der Waals surface area contributed by atoms with Crippen molar-refractivity contribution in [3.63, 3.8) is 0 Å². The zero-order chi connectivity index (χ0) is 19.8. The van der Waals surface area contributed by atoms with Crippen molar-refractivity contribution in [1.29, 1.82) is 0 Å². The summed E-state index contributed by atoms with van der Waals surface area (Å²) in [6, 6.07) is 10.9. The maximum atomic E-state index is 13.5. The van der Waals surface area contributed by atoms with E-state index in [1.165, 1.54) is 37.8 Å². The minimum atomic E-state index is -0.236. The number of nitrogens with zero attached hydrogens (tertiary/aromatic N) is 1. The fourth-order valence-corrected chi connectivity index (χ4v) is 5.88. The molecule has 1 aliphatic heterocycles. The lowest BCUT2D eigenvalue weighted by Gasteiger charge is -2.46. The lowest BCUT2D eigenvalue weighted by atomic mass is 9.60. The summed E-state index contributed by atoms with van der Waals surface area (Å²) in [5.74, 6) is 2.28. The molecule has 5 atom stereocenters. The summed E-state index contributed by atoms with van der Waals surface area (Å²) in [6.07, 6.45) is 13.3. The van der Waals surface area contributed by atoms with Crippen molar-refractivity contribution in [3.8, 4) is 11.1 Å². The number of carbonyl (C=O) groups excluding carboxylic acids is 1. The predicted octanol–water partition coefficient (Wildman–Crippen LogP) is 5.23. The second kappa shape index (κ2) is 7.74. The maximum absolute atomic E-state index is 13.5. The summed E-state index contributed by atoms with van der Waals surface area (Å²) in [5.41, 5.74) is 2.66. The minimum Gasteiger partial charge on any atom is -0.353 e. The normalized spacial score (nSPS) is 31.3. The molecule has 3 fully saturated rings. The summed E-state index contributed by atoms with van der Waals surface area (Å²) in [5, 5.41) is 3.23. The van der Waals surface area contributed by atoms with Crippen molar-refractivity contribution in [1.82, 2.24) is 10.3 Å². The van der Waals surface area contributed by atoms with E-state index in [2.05, 4.69) is 22.5 Å². The molecule has 2 aliphatic carbocycles. The number of aromatic nitrogens is 1. The number of fused-ring (bicyclic) bond motifs is 2. The Morgan fingerprint density at radius 2 is 1.97 bits per heavy atom. The topological polar surface area (TPSA) is 42.0 Å². The van der Waals surface area contributed by atoms with E-state index in [0.29, 0.717) is 30.2 Å². The van der Waals surface area contributed by atoms with Gasteiger partial charge >= 0.3 is 0 Å². The number of allylic oxidation sites excluding steroid dienone is 1. The standard InChI is InChI=1S/C25H27FN2O/c26-19-6-3-5-16(12-19)18-8-9-20(27-15-18)10-11-22-21-7-2-1-4-17(21)13-24-23(22)14-25(29)28-24/h3,5-6,8-12,15,17,21-24H,1-2,4,7,13-14H2,(H,28,29)/t17-,21+,22-,23+,24+/m0/s1. The third-order valence-corrected chi connectivity index (χ3v) is 7.23. The third kappa shape index (κ3) is 3.73. The number of hydrogen-bond donors (Lipinski definition) is 1. The van der Waals surface area contributed by atoms with Crippen molar-refractivity contribution < 1.29 is 9.18 Å². The van der Waals surface area contributed by atoms with Crippen LogP contribution in [0.4, 0.5) is 4.39 Å². The van der Waals surface area contributed by atoms with Gasteiger partial charge in [-0.3, -0.25) is 9.78 Å². The molecule has 2 heterocycles. The van der Waals surface area contributed by atoms with Gasteiger partial charge in [0.05, 0.1) is 5.69 Å². The van der Waals surface area contributed by atoms with Gasteiger partial charge in [0.25, 0.3) is 0 Å². The van der Waals surface area contributed by atoms with Crippen LogP contribution in [0.15, 0.2) is 48.7 Å². The summed E-state index contributed by atoms with van der Waals surface area (Å²) in [7, 11) is 0. The zero-order valence-corrected chi connectivity index (χ0v) is 16.6. The Hall–Kier alpha value is -2.49. The highest BCUT2D eigenvalue weighted by Crippen LogP contribution is 2.49. The number of benzene rings is 1. The number of nitrogens with one attached hydrogen (secondary N) is 1. The number of carbonyl (C=O) groups is 1. The molecule has 0 unspecified atom stereocenters. The van der Waals surface area contributed by atoms with Gasteiger partial charge in [-0.25, -0.2) is 4.39 Å². The van der Waals surface area contributed by atoms with Crippen molar-refractivity contribution in [2.24, 2.45) is 23.7 Å². The third-order valence-electron chi connectivity index (χ3n) is 7.23. The molecule has 150 valence electrons. The van der Waals surface area contributed by atoms with Gasteiger partial charge in [0.15, 0.2) is 0 Å². The van der Waals surface area contributed by atoms with Gasteiger partial charge in [-0.15, -0.1) is 0 Å². The molecule has 3 nitrogen and oxygen atoms in total. The average molecular weight is 391 g/mol. The van der Waals surface area contributed by atoms with E-state index in [0.717, 1.165) is 29.2 Å². The monoisotopic (exact) mass is 390 g/mol. The number of rotatable bonds is 3. The average Bonchev–Trinajstić information content (AvgIpc) is 3.11. The summed E-state index contributed by atoms with van der Waals surface area (Å²) in [4.78, 5) is 16.6. The first-order chi connectivity index (χ1) is 14.2. The molecule has 0 radical (unpaired) electrons. The fourth-order valence-electron chi connectivity index (χ4n) is 5.88. The van der Waals surface area contributed by atoms with E-state index in [9.17, 15) is 9.18 Å². The lowest BCUT2D eigenvalue weighted by Crippen LogP contribution is -2.45. The number of halogens is 1. The molecule has 29 heavy (non-hydrogen) atoms. The summed E-state index contributed by atoms with van der Waals surface area (Å²) < 4.78 is 13.5. The molecule has 2 saturated carbocycles. The molecule has 5 rings (SSSR count). The van der Waals surface area contributed by atoms with Crippen molar-refractivity contribution in [2.75, 3.05) is 0 Å². The van der Waals surface area contributed by atoms with Crippen LogP contribution in [0.1, 0.15) is 44.2 Å². The molecular weight excluding hydrogens is 363 g/mol. The molecular formula is C25H27FN2O. The Balaban J connectivity index is 1.37. The van der Waals surface area contributed by atoms with Crippen LogP contribution in [0.25, 0.3) is 17.2 Å². The highest BCUT2D eigenvalue weighted by Gasteiger charge is 2.47. The molecule has 1 amide bonds. The van der Waals surface area contributed by atoms with Crippen LogP contribution in [-0.2, 0) is 4.79 Å². The first-order valence-electron chi connectivity index (χ1n) is 10.9. The first-order valence-corrected chi connectivity index (χ1v) is 10.9. The number of hydrogen-bond acceptors (Lipinski definition) is 2. The highest BCUT2D eigenvalue weighted by molar-refractivity contribution is 5.79. The molecule has 0 bridgehead atoms. The minimum absolute atomic E-state index is 0.217. The van der Waals surface area contributed by atoms with E-state index in [4.69, 9.17) is 0 Å². The largest absolute Gasteiger partial charge is 0.353 e. The quantitative estimate of drug-likeness (QED) is 0.779. The van der Waals surface area contributed by atoms with E-state index in [1.807, 2.05) is 24.4 Å². The Morgan fingerprint density at radius 3 is 2.79 bits per heavy atom. The van der Waals surface area contributed by atoms with Gasteiger partial charge in [0.2, 0.25) is 5.91 Å². The van der Waals surface area contributed by atoms with Crippen molar-refractivity contribution in [3.05, 3.63) is 60.2 Å². The van der Waals surface area contributed by atoms with Crippen LogP contribution in [0.5, 0.6) is 0 Å². The van der Waals surface area contributed by atoms with Gasteiger partial charge in [0, 0.05) is 24.2 Å². The Bertz CT molecular complexity index is 923. The van der Waals surface area contributed by atoms with Crippen LogP contribution in [0.2, 0.25) is 0 Å². The predicted molar refractivity (Wildman–Crippen MR) is 112 cm³/mol. The van der Waals surface area contributed by atoms with Crippen LogP contribution in [0, 0.1) is 29.5 Å². The second-order valence-corrected chi connectivity index (χ2v) is 8.90. The fraction of sp³-hybridized carbons (Fsp3) is 0.440. The molecule has 1 aromatic heterocycles. The van der Waals surface area contributed by atoms with Gasteiger partial charge in [0.1, 0.15) is 5.82 Å².